The highest BCUT2D eigenvalue weighted by molar-refractivity contribution is 7.99. The van der Waals surface area contributed by atoms with E-state index in [0.29, 0.717) is 5.11 Å². The lowest BCUT2D eigenvalue weighted by Gasteiger charge is -2.18. The molecular weight excluding hydrogens is 368 g/mol. The minimum absolute atomic E-state index is 0.617. The maximum absolute atomic E-state index is 5.63. The quantitative estimate of drug-likeness (QED) is 0.452. The zero-order chi connectivity index (χ0) is 19.1. The smallest absolute Gasteiger partial charge is 0.175 e. The molecular formula is C23H24N2S2. The zero-order valence-corrected chi connectivity index (χ0v) is 17.3. The lowest BCUT2D eigenvalue weighted by atomic mass is 10.0. The van der Waals surface area contributed by atoms with Gasteiger partial charge in [0.15, 0.2) is 5.11 Å². The lowest BCUT2D eigenvalue weighted by Crippen LogP contribution is -2.21. The van der Waals surface area contributed by atoms with Crippen LogP contribution in [0, 0.1) is 0 Å². The summed E-state index contributed by atoms with van der Waals surface area (Å²) < 4.78 is 0. The third-order valence-corrected chi connectivity index (χ3v) is 5.63. The largest absolute Gasteiger partial charge is 0.332 e. The Labute approximate surface area is 171 Å². The molecule has 138 valence electrons. The van der Waals surface area contributed by atoms with Crippen LogP contribution in [0.2, 0.25) is 0 Å². The van der Waals surface area contributed by atoms with Gasteiger partial charge in [-0.25, -0.2) is 0 Å². The molecule has 0 aliphatic heterocycles. The van der Waals surface area contributed by atoms with Crippen molar-refractivity contribution in [3.05, 3.63) is 83.9 Å². The first-order valence-electron chi connectivity index (χ1n) is 9.22. The minimum Gasteiger partial charge on any atom is -0.332 e. The molecule has 3 aromatic rings. The summed E-state index contributed by atoms with van der Waals surface area (Å²) in [4.78, 5) is 2.35. The first-order valence-corrected chi connectivity index (χ1v) is 10.4. The van der Waals surface area contributed by atoms with Crippen molar-refractivity contribution in [3.8, 4) is 0 Å². The molecule has 4 heteroatoms. The van der Waals surface area contributed by atoms with Crippen molar-refractivity contribution in [2.75, 3.05) is 10.6 Å². The van der Waals surface area contributed by atoms with Crippen LogP contribution in [-0.4, -0.2) is 5.11 Å². The summed E-state index contributed by atoms with van der Waals surface area (Å²) in [6.07, 6.45) is 1.94. The van der Waals surface area contributed by atoms with Gasteiger partial charge in [0.1, 0.15) is 0 Å². The maximum Gasteiger partial charge on any atom is 0.175 e. The SMILES string of the molecule is CCc1cccc(CC)c1NC(=S)Nc1ccccc1Sc1ccccc1. The number of aryl methyl sites for hydroxylation is 2. The van der Waals surface area contributed by atoms with Crippen molar-refractivity contribution >= 4 is 40.5 Å². The Morgan fingerprint density at radius 2 is 1.41 bits per heavy atom. The fraction of sp³-hybridized carbons (Fsp3) is 0.174. The molecule has 0 spiro atoms. The monoisotopic (exact) mass is 392 g/mol. The van der Waals surface area contributed by atoms with Gasteiger partial charge < -0.3 is 10.6 Å². The van der Waals surface area contributed by atoms with Crippen molar-refractivity contribution in [1.82, 2.24) is 0 Å². The summed E-state index contributed by atoms with van der Waals surface area (Å²) in [5.41, 5.74) is 4.71. The van der Waals surface area contributed by atoms with Crippen LogP contribution in [0.1, 0.15) is 25.0 Å². The van der Waals surface area contributed by atoms with Gasteiger partial charge in [0.05, 0.1) is 5.69 Å². The van der Waals surface area contributed by atoms with Crippen molar-refractivity contribution in [2.24, 2.45) is 0 Å². The Morgan fingerprint density at radius 1 is 0.778 bits per heavy atom. The molecule has 0 heterocycles. The second-order valence-corrected chi connectivity index (χ2v) is 7.67. The van der Waals surface area contributed by atoms with E-state index in [2.05, 4.69) is 85.1 Å². The average Bonchev–Trinajstić information content (AvgIpc) is 2.70. The fourth-order valence-corrected chi connectivity index (χ4v) is 4.08. The first kappa shape index (κ1) is 19.5. The molecule has 0 aromatic heterocycles. The van der Waals surface area contributed by atoms with Crippen LogP contribution in [-0.2, 0) is 12.8 Å². The molecule has 0 fully saturated rings. The van der Waals surface area contributed by atoms with E-state index in [0.717, 1.165) is 29.1 Å². The van der Waals surface area contributed by atoms with Crippen LogP contribution in [0.4, 0.5) is 11.4 Å². The molecule has 27 heavy (non-hydrogen) atoms. The van der Waals surface area contributed by atoms with E-state index in [1.807, 2.05) is 12.1 Å². The van der Waals surface area contributed by atoms with Crippen molar-refractivity contribution in [3.63, 3.8) is 0 Å². The fourth-order valence-electron chi connectivity index (χ4n) is 2.94. The average molecular weight is 393 g/mol. The number of para-hydroxylation sites is 2. The predicted molar refractivity (Wildman–Crippen MR) is 122 cm³/mol. The third kappa shape index (κ3) is 5.12. The number of rotatable bonds is 6. The van der Waals surface area contributed by atoms with E-state index in [1.165, 1.54) is 16.0 Å². The third-order valence-electron chi connectivity index (χ3n) is 4.34. The number of thiocarbonyl (C=S) groups is 1. The lowest BCUT2D eigenvalue weighted by molar-refractivity contribution is 1.09. The van der Waals surface area contributed by atoms with Crippen LogP contribution >= 0.6 is 24.0 Å². The predicted octanol–water partition coefficient (Wildman–Crippen LogP) is 6.77. The second kappa shape index (κ2) is 9.58. The van der Waals surface area contributed by atoms with Crippen LogP contribution in [0.5, 0.6) is 0 Å². The van der Waals surface area contributed by atoms with E-state index in [9.17, 15) is 0 Å². The molecule has 0 bridgehead atoms. The molecule has 0 atom stereocenters. The normalized spacial score (nSPS) is 10.4. The Morgan fingerprint density at radius 3 is 2.07 bits per heavy atom. The van der Waals surface area contributed by atoms with Crippen LogP contribution < -0.4 is 10.6 Å². The molecule has 0 aliphatic rings. The Bertz CT molecular complexity index is 885. The number of nitrogens with one attached hydrogen (secondary N) is 2. The summed E-state index contributed by atoms with van der Waals surface area (Å²) in [5.74, 6) is 0. The Kier molecular flexibility index (Phi) is 6.91. The van der Waals surface area contributed by atoms with Gasteiger partial charge in [-0.3, -0.25) is 0 Å². The molecule has 3 aromatic carbocycles. The van der Waals surface area contributed by atoms with Crippen LogP contribution in [0.25, 0.3) is 0 Å². The van der Waals surface area contributed by atoms with Gasteiger partial charge in [-0.05, 0) is 60.5 Å². The molecule has 3 rings (SSSR count). The topological polar surface area (TPSA) is 24.1 Å². The number of anilines is 2. The van der Waals surface area contributed by atoms with Crippen molar-refractivity contribution < 1.29 is 0 Å². The highest BCUT2D eigenvalue weighted by atomic mass is 32.2. The maximum atomic E-state index is 5.63. The molecule has 0 radical (unpaired) electrons. The van der Waals surface area contributed by atoms with Crippen LogP contribution in [0.3, 0.4) is 0 Å². The molecule has 0 amide bonds. The van der Waals surface area contributed by atoms with Gasteiger partial charge in [-0.2, -0.15) is 0 Å². The van der Waals surface area contributed by atoms with Gasteiger partial charge in [-0.1, -0.05) is 74.1 Å². The highest BCUT2D eigenvalue weighted by Gasteiger charge is 2.10. The number of hydrogen-bond donors (Lipinski definition) is 2. The number of benzene rings is 3. The summed E-state index contributed by atoms with van der Waals surface area (Å²) in [6.45, 7) is 4.34. The Hall–Kier alpha value is -2.30. The molecule has 0 saturated heterocycles. The molecule has 2 N–H and O–H groups in total. The second-order valence-electron chi connectivity index (χ2n) is 6.15. The minimum atomic E-state index is 0.617. The van der Waals surface area contributed by atoms with Crippen molar-refractivity contribution in [2.45, 2.75) is 36.5 Å². The van der Waals surface area contributed by atoms with Gasteiger partial charge in [0.2, 0.25) is 0 Å². The standard InChI is InChI=1S/C23H24N2S2/c1-3-17-11-10-12-18(4-2)22(17)25-23(26)24-20-15-8-9-16-21(20)27-19-13-6-5-7-14-19/h5-16H,3-4H2,1-2H3,(H2,24,25,26). The molecule has 0 aliphatic carbocycles. The van der Waals surface area contributed by atoms with E-state index in [-0.39, 0.29) is 0 Å². The van der Waals surface area contributed by atoms with Gasteiger partial charge in [-0.15, -0.1) is 0 Å². The highest BCUT2D eigenvalue weighted by Crippen LogP contribution is 2.33. The van der Waals surface area contributed by atoms with E-state index >= 15 is 0 Å². The molecule has 2 nitrogen and oxygen atoms in total. The van der Waals surface area contributed by atoms with E-state index in [4.69, 9.17) is 12.2 Å². The van der Waals surface area contributed by atoms with Gasteiger partial charge in [0.25, 0.3) is 0 Å². The zero-order valence-electron chi connectivity index (χ0n) is 15.7. The summed E-state index contributed by atoms with van der Waals surface area (Å²) in [7, 11) is 0. The first-order chi connectivity index (χ1) is 13.2. The van der Waals surface area contributed by atoms with Gasteiger partial charge in [0, 0.05) is 15.5 Å². The van der Waals surface area contributed by atoms with Crippen molar-refractivity contribution in [1.29, 1.82) is 0 Å². The molecule has 0 saturated carbocycles. The van der Waals surface area contributed by atoms with E-state index < -0.39 is 0 Å². The van der Waals surface area contributed by atoms with Crippen LogP contribution in [0.15, 0.2) is 82.6 Å². The van der Waals surface area contributed by atoms with E-state index in [1.54, 1.807) is 11.8 Å². The molecule has 0 unspecified atom stereocenters. The number of hydrogen-bond acceptors (Lipinski definition) is 2. The summed E-state index contributed by atoms with van der Waals surface area (Å²) in [6, 6.07) is 25.0. The van der Waals surface area contributed by atoms with Gasteiger partial charge >= 0.3 is 0 Å². The summed E-state index contributed by atoms with van der Waals surface area (Å²) in [5, 5.41) is 7.43. The summed E-state index contributed by atoms with van der Waals surface area (Å²) >= 11 is 7.35. The Balaban J connectivity index is 1.78.